The minimum absolute atomic E-state index is 0.174. The van der Waals surface area contributed by atoms with Gasteiger partial charge in [0.2, 0.25) is 0 Å². The zero-order valence-corrected chi connectivity index (χ0v) is 15.2. The number of ether oxygens (including phenoxy) is 2. The summed E-state index contributed by atoms with van der Waals surface area (Å²) in [4.78, 5) is 24.0. The molecular formula is C20H23N3O4. The molecule has 1 amide bonds. The van der Waals surface area contributed by atoms with E-state index in [1.807, 2.05) is 12.1 Å². The van der Waals surface area contributed by atoms with Crippen LogP contribution in [0.2, 0.25) is 0 Å². The van der Waals surface area contributed by atoms with Crippen LogP contribution >= 0.6 is 0 Å². The second-order valence-electron chi connectivity index (χ2n) is 6.29. The highest BCUT2D eigenvalue weighted by molar-refractivity contribution is 6.04. The van der Waals surface area contributed by atoms with Crippen LogP contribution in [0.25, 0.3) is 0 Å². The first kappa shape index (κ1) is 18.7. The number of hydrogen-bond acceptors (Lipinski definition) is 6. The van der Waals surface area contributed by atoms with E-state index in [-0.39, 0.29) is 24.4 Å². The van der Waals surface area contributed by atoms with Crippen molar-refractivity contribution in [2.75, 3.05) is 17.3 Å². The molecule has 0 aliphatic carbocycles. The van der Waals surface area contributed by atoms with E-state index in [4.69, 9.17) is 15.3 Å². The molecule has 0 aromatic heterocycles. The van der Waals surface area contributed by atoms with E-state index in [2.05, 4.69) is 10.7 Å². The number of carbonyl (C=O) groups excluding carboxylic acids is 2. The van der Waals surface area contributed by atoms with Crippen molar-refractivity contribution in [2.24, 2.45) is 5.84 Å². The number of rotatable bonds is 6. The highest BCUT2D eigenvalue weighted by Crippen LogP contribution is 2.31. The predicted octanol–water partition coefficient (Wildman–Crippen LogP) is 2.87. The van der Waals surface area contributed by atoms with Gasteiger partial charge in [-0.2, -0.15) is 0 Å². The first-order chi connectivity index (χ1) is 13.1. The number of esters is 1. The Labute approximate surface area is 157 Å². The van der Waals surface area contributed by atoms with Crippen molar-refractivity contribution in [3.8, 4) is 5.75 Å². The summed E-state index contributed by atoms with van der Waals surface area (Å²) in [5, 5.41) is 2.89. The summed E-state index contributed by atoms with van der Waals surface area (Å²) in [5.74, 6) is 5.63. The van der Waals surface area contributed by atoms with Crippen LogP contribution in [0.15, 0.2) is 42.5 Å². The van der Waals surface area contributed by atoms with E-state index in [1.54, 1.807) is 37.3 Å². The smallest absolute Gasteiger partial charge is 0.309 e. The maximum absolute atomic E-state index is 12.4. The number of amides is 1. The summed E-state index contributed by atoms with van der Waals surface area (Å²) in [6.07, 6.45) is 1.59. The highest BCUT2D eigenvalue weighted by Gasteiger charge is 2.23. The van der Waals surface area contributed by atoms with E-state index in [0.717, 1.165) is 29.8 Å². The van der Waals surface area contributed by atoms with Gasteiger partial charge in [0.25, 0.3) is 5.91 Å². The van der Waals surface area contributed by atoms with Crippen LogP contribution in [0.3, 0.4) is 0 Å². The van der Waals surface area contributed by atoms with Crippen LogP contribution in [-0.4, -0.2) is 24.6 Å². The number of nitrogens with two attached hydrogens (primary N) is 1. The first-order valence-electron chi connectivity index (χ1n) is 8.92. The van der Waals surface area contributed by atoms with Gasteiger partial charge >= 0.3 is 5.97 Å². The number of carbonyl (C=O) groups is 2. The molecule has 27 heavy (non-hydrogen) atoms. The van der Waals surface area contributed by atoms with Crippen LogP contribution in [-0.2, 0) is 16.0 Å². The molecular weight excluding hydrogens is 346 g/mol. The molecule has 0 saturated heterocycles. The average molecular weight is 369 g/mol. The van der Waals surface area contributed by atoms with Crippen LogP contribution in [0.1, 0.15) is 35.7 Å². The summed E-state index contributed by atoms with van der Waals surface area (Å²) < 4.78 is 10.9. The molecule has 1 aliphatic heterocycles. The van der Waals surface area contributed by atoms with Crippen molar-refractivity contribution in [1.82, 2.24) is 0 Å². The first-order valence-corrected chi connectivity index (χ1v) is 8.92. The van der Waals surface area contributed by atoms with E-state index >= 15 is 0 Å². The Kier molecular flexibility index (Phi) is 5.93. The second kappa shape index (κ2) is 8.55. The molecule has 0 spiro atoms. The zero-order chi connectivity index (χ0) is 19.2. The molecule has 142 valence electrons. The second-order valence-corrected chi connectivity index (χ2v) is 6.29. The Morgan fingerprint density at radius 3 is 2.63 bits per heavy atom. The van der Waals surface area contributed by atoms with Crippen molar-refractivity contribution in [3.63, 3.8) is 0 Å². The van der Waals surface area contributed by atoms with Gasteiger partial charge < -0.3 is 20.2 Å². The summed E-state index contributed by atoms with van der Waals surface area (Å²) in [5.41, 5.74) is 5.51. The van der Waals surface area contributed by atoms with Crippen molar-refractivity contribution in [1.29, 1.82) is 0 Å². The van der Waals surface area contributed by atoms with Gasteiger partial charge in [0.15, 0.2) is 0 Å². The Bertz CT molecular complexity index is 820. The molecule has 7 nitrogen and oxygen atoms in total. The minimum atomic E-state index is -0.245. The average Bonchev–Trinajstić information content (AvgIpc) is 2.68. The lowest BCUT2D eigenvalue weighted by Gasteiger charge is -2.26. The van der Waals surface area contributed by atoms with Crippen LogP contribution < -0.4 is 21.3 Å². The number of aryl methyl sites for hydroxylation is 1. The van der Waals surface area contributed by atoms with E-state index in [9.17, 15) is 9.59 Å². The van der Waals surface area contributed by atoms with Crippen molar-refractivity contribution >= 4 is 23.3 Å². The van der Waals surface area contributed by atoms with E-state index < -0.39 is 0 Å². The van der Waals surface area contributed by atoms with Gasteiger partial charge in [-0.25, -0.2) is 0 Å². The molecule has 1 heterocycles. The number of anilines is 2. The predicted molar refractivity (Wildman–Crippen MR) is 103 cm³/mol. The van der Waals surface area contributed by atoms with Crippen LogP contribution in [0.5, 0.6) is 5.75 Å². The summed E-state index contributed by atoms with van der Waals surface area (Å²) in [6, 6.07) is 12.4. The largest absolute Gasteiger partial charge is 0.490 e. The molecule has 3 rings (SSSR count). The van der Waals surface area contributed by atoms with Gasteiger partial charge in [0, 0.05) is 16.9 Å². The lowest BCUT2D eigenvalue weighted by molar-refractivity contribution is -0.145. The summed E-state index contributed by atoms with van der Waals surface area (Å²) in [7, 11) is 0. The third kappa shape index (κ3) is 4.77. The van der Waals surface area contributed by atoms with Crippen LogP contribution in [0.4, 0.5) is 11.4 Å². The minimum Gasteiger partial charge on any atom is -0.490 e. The SMILES string of the molecule is CCOC(=O)CC1CCc2cc(NC(=O)c3ccc(NN)cc3)ccc2O1. The Hall–Kier alpha value is -3.06. The standard InChI is InChI=1S/C20H23N3O4/c1-2-26-19(24)12-17-9-5-14-11-16(8-10-18(14)27-17)22-20(25)13-3-6-15(23-21)7-4-13/h3-4,6-8,10-11,17,23H,2,5,9,12,21H2,1H3,(H,22,25). The van der Waals surface area contributed by atoms with Crippen LogP contribution in [0, 0.1) is 0 Å². The van der Waals surface area contributed by atoms with Gasteiger partial charge in [-0.15, -0.1) is 0 Å². The highest BCUT2D eigenvalue weighted by atomic mass is 16.5. The van der Waals surface area contributed by atoms with Crippen molar-refractivity contribution in [3.05, 3.63) is 53.6 Å². The molecule has 1 unspecified atom stereocenters. The molecule has 2 aromatic carbocycles. The normalized spacial score (nSPS) is 15.3. The van der Waals surface area contributed by atoms with Gasteiger partial charge in [-0.3, -0.25) is 15.4 Å². The molecule has 0 bridgehead atoms. The molecule has 2 aromatic rings. The van der Waals surface area contributed by atoms with Gasteiger partial charge in [0.1, 0.15) is 11.9 Å². The Morgan fingerprint density at radius 1 is 1.19 bits per heavy atom. The Morgan fingerprint density at radius 2 is 1.93 bits per heavy atom. The molecule has 1 aliphatic rings. The van der Waals surface area contributed by atoms with Crippen molar-refractivity contribution < 1.29 is 19.1 Å². The topological polar surface area (TPSA) is 103 Å². The maximum Gasteiger partial charge on any atom is 0.309 e. The fourth-order valence-electron chi connectivity index (χ4n) is 2.99. The summed E-state index contributed by atoms with van der Waals surface area (Å²) >= 11 is 0. The third-order valence-electron chi connectivity index (χ3n) is 4.36. The number of fused-ring (bicyclic) bond motifs is 1. The number of hydrogen-bond donors (Lipinski definition) is 3. The van der Waals surface area contributed by atoms with E-state index in [1.165, 1.54) is 0 Å². The van der Waals surface area contributed by atoms with Gasteiger partial charge in [-0.05, 0) is 67.8 Å². The van der Waals surface area contributed by atoms with Gasteiger partial charge in [0.05, 0.1) is 13.0 Å². The fourth-order valence-corrected chi connectivity index (χ4v) is 2.99. The van der Waals surface area contributed by atoms with E-state index in [0.29, 0.717) is 17.9 Å². The quantitative estimate of drug-likeness (QED) is 0.411. The number of nitrogen functional groups attached to an aromatic ring is 1. The molecule has 7 heteroatoms. The maximum atomic E-state index is 12.4. The zero-order valence-electron chi connectivity index (χ0n) is 15.2. The lowest BCUT2D eigenvalue weighted by Crippen LogP contribution is -2.26. The Balaban J connectivity index is 1.63. The monoisotopic (exact) mass is 369 g/mol. The molecule has 1 atom stereocenters. The number of nitrogens with one attached hydrogen (secondary N) is 2. The molecule has 0 radical (unpaired) electrons. The van der Waals surface area contributed by atoms with Crippen molar-refractivity contribution in [2.45, 2.75) is 32.3 Å². The molecule has 0 fully saturated rings. The summed E-state index contributed by atoms with van der Waals surface area (Å²) in [6.45, 7) is 2.16. The van der Waals surface area contributed by atoms with Gasteiger partial charge in [-0.1, -0.05) is 0 Å². The fraction of sp³-hybridized carbons (Fsp3) is 0.300. The lowest BCUT2D eigenvalue weighted by atomic mass is 10.00. The number of hydrazine groups is 1. The molecule has 0 saturated carbocycles. The number of benzene rings is 2. The molecule has 4 N–H and O–H groups in total. The third-order valence-corrected chi connectivity index (χ3v) is 4.36.